The summed E-state index contributed by atoms with van der Waals surface area (Å²) >= 11 is 0. The average molecular weight is 548 g/mol. The van der Waals surface area contributed by atoms with Gasteiger partial charge in [0.1, 0.15) is 5.82 Å². The number of H-pyrrole nitrogens is 1. The molecule has 0 aliphatic carbocycles. The van der Waals surface area contributed by atoms with Gasteiger partial charge in [-0.15, -0.1) is 0 Å². The summed E-state index contributed by atoms with van der Waals surface area (Å²) in [7, 11) is 0. The van der Waals surface area contributed by atoms with E-state index in [4.69, 9.17) is 4.74 Å². The zero-order valence-electron chi connectivity index (χ0n) is 22.4. The number of carbonyl (C=O) groups is 1. The van der Waals surface area contributed by atoms with Gasteiger partial charge in [0, 0.05) is 55.9 Å². The first-order chi connectivity index (χ1) is 19.2. The lowest BCUT2D eigenvalue weighted by molar-refractivity contribution is -0.00546. The molecule has 2 aliphatic rings. The maximum Gasteiger partial charge on any atom is 0.276 e. The molecule has 6 rings (SSSR count). The van der Waals surface area contributed by atoms with Gasteiger partial charge in [0.25, 0.3) is 11.8 Å². The van der Waals surface area contributed by atoms with Crippen molar-refractivity contribution in [1.82, 2.24) is 25.1 Å². The number of anilines is 2. The first kappa shape index (κ1) is 26.3. The van der Waals surface area contributed by atoms with E-state index in [1.54, 1.807) is 23.5 Å². The number of amides is 1. The molecule has 0 radical (unpaired) electrons. The van der Waals surface area contributed by atoms with Crippen LogP contribution in [0.4, 0.5) is 20.3 Å². The lowest BCUT2D eigenvalue weighted by atomic mass is 10.0. The maximum absolute atomic E-state index is 13.6. The number of nitrogens with zero attached hydrogens (tertiary/aromatic N) is 5. The van der Waals surface area contributed by atoms with Gasteiger partial charge < -0.3 is 15.0 Å². The Morgan fingerprint density at radius 3 is 2.65 bits per heavy atom. The summed E-state index contributed by atoms with van der Waals surface area (Å²) < 4.78 is 33.0. The van der Waals surface area contributed by atoms with E-state index in [2.05, 4.69) is 30.4 Å². The molecule has 1 amide bonds. The topological polar surface area (TPSA) is 99.3 Å². The Kier molecular flexibility index (Phi) is 6.93. The van der Waals surface area contributed by atoms with Crippen LogP contribution in [0.15, 0.2) is 55.0 Å². The summed E-state index contributed by atoms with van der Waals surface area (Å²) in [5, 5.41) is 10.7. The summed E-state index contributed by atoms with van der Waals surface area (Å²) in [5.41, 5.74) is 4.10. The van der Waals surface area contributed by atoms with E-state index in [0.717, 1.165) is 41.1 Å². The maximum atomic E-state index is 13.6. The van der Waals surface area contributed by atoms with Crippen LogP contribution in [-0.2, 0) is 11.3 Å². The first-order valence-corrected chi connectivity index (χ1v) is 13.4. The van der Waals surface area contributed by atoms with E-state index >= 15 is 0 Å². The van der Waals surface area contributed by atoms with Crippen molar-refractivity contribution < 1.29 is 18.3 Å². The van der Waals surface area contributed by atoms with E-state index in [1.807, 2.05) is 50.2 Å². The van der Waals surface area contributed by atoms with Gasteiger partial charge in [-0.1, -0.05) is 6.07 Å². The number of aromatic amines is 1. The molecule has 1 aromatic carbocycles. The molecule has 208 valence electrons. The van der Waals surface area contributed by atoms with E-state index < -0.39 is 5.92 Å². The molecule has 0 spiro atoms. The SMILES string of the molecule is CC1CN(c2ccc(NC(=O)c3n[nH]c4ccc(-c5cncc(CN6CCC(F)(F)C6)c5)cc34)cn2)CC(C)O1. The predicted molar refractivity (Wildman–Crippen MR) is 149 cm³/mol. The molecule has 11 heteroatoms. The third kappa shape index (κ3) is 5.66. The minimum Gasteiger partial charge on any atom is -0.372 e. The normalized spacial score (nSPS) is 21.1. The lowest BCUT2D eigenvalue weighted by Gasteiger charge is -2.36. The number of likely N-dealkylation sites (tertiary alicyclic amines) is 1. The fourth-order valence-corrected chi connectivity index (χ4v) is 5.50. The highest BCUT2D eigenvalue weighted by atomic mass is 19.3. The number of hydrogen-bond donors (Lipinski definition) is 2. The molecule has 4 aromatic rings. The molecule has 0 saturated carbocycles. The van der Waals surface area contributed by atoms with Crippen molar-refractivity contribution in [2.75, 3.05) is 36.4 Å². The number of morpholine rings is 1. The molecule has 3 aromatic heterocycles. The van der Waals surface area contributed by atoms with Crippen LogP contribution in [-0.4, -0.2) is 75.3 Å². The highest BCUT2D eigenvalue weighted by Gasteiger charge is 2.38. The third-order valence-corrected chi connectivity index (χ3v) is 7.31. The molecule has 2 aliphatic heterocycles. The van der Waals surface area contributed by atoms with Crippen molar-refractivity contribution in [3.05, 3.63) is 66.2 Å². The van der Waals surface area contributed by atoms with Gasteiger partial charge in [-0.25, -0.2) is 13.8 Å². The predicted octanol–water partition coefficient (Wildman–Crippen LogP) is 4.73. The molecule has 2 unspecified atom stereocenters. The van der Waals surface area contributed by atoms with E-state index in [-0.39, 0.29) is 36.8 Å². The number of pyridine rings is 2. The molecule has 5 heterocycles. The Hall–Kier alpha value is -3.96. The van der Waals surface area contributed by atoms with E-state index in [1.165, 1.54) is 0 Å². The number of fused-ring (bicyclic) bond motifs is 1. The van der Waals surface area contributed by atoms with Crippen molar-refractivity contribution in [1.29, 1.82) is 0 Å². The van der Waals surface area contributed by atoms with Gasteiger partial charge >= 0.3 is 0 Å². The molecular weight excluding hydrogens is 516 g/mol. The van der Waals surface area contributed by atoms with Gasteiger partial charge in [0.05, 0.1) is 36.2 Å². The first-order valence-electron chi connectivity index (χ1n) is 13.4. The highest BCUT2D eigenvalue weighted by Crippen LogP contribution is 2.30. The van der Waals surface area contributed by atoms with Crippen molar-refractivity contribution >= 4 is 28.3 Å². The molecule has 2 saturated heterocycles. The van der Waals surface area contributed by atoms with Gasteiger partial charge in [-0.05, 0) is 55.3 Å². The van der Waals surface area contributed by atoms with Crippen LogP contribution < -0.4 is 10.2 Å². The Balaban J connectivity index is 1.17. The molecule has 2 fully saturated rings. The fraction of sp³-hybridized carbons (Fsp3) is 0.379. The Bertz CT molecular complexity index is 1510. The quantitative estimate of drug-likeness (QED) is 0.360. The summed E-state index contributed by atoms with van der Waals surface area (Å²) in [5.74, 6) is -2.15. The number of ether oxygens (including phenoxy) is 1. The summed E-state index contributed by atoms with van der Waals surface area (Å²) in [4.78, 5) is 26.0. The summed E-state index contributed by atoms with van der Waals surface area (Å²) in [6, 6.07) is 11.4. The van der Waals surface area contributed by atoms with Crippen LogP contribution in [0.5, 0.6) is 0 Å². The zero-order chi connectivity index (χ0) is 27.9. The smallest absolute Gasteiger partial charge is 0.276 e. The van der Waals surface area contributed by atoms with Crippen LogP contribution in [0, 0.1) is 0 Å². The largest absolute Gasteiger partial charge is 0.372 e. The molecule has 2 N–H and O–H groups in total. The van der Waals surface area contributed by atoms with Crippen molar-refractivity contribution in [3.63, 3.8) is 0 Å². The number of halogens is 2. The second kappa shape index (κ2) is 10.5. The second-order valence-electron chi connectivity index (χ2n) is 10.8. The standard InChI is InChI=1S/C29H31F2N7O2/c1-18-14-38(15-19(2)40-18)26-6-4-23(13-33-26)34-28(39)27-24-10-21(3-5-25(24)35-36-27)22-9-20(11-32-12-22)16-37-8-7-29(30,31)17-37/h3-6,9-13,18-19H,7-8,14-17H2,1-2H3,(H,34,39)(H,35,36). The van der Waals surface area contributed by atoms with Gasteiger partial charge in [0.2, 0.25) is 0 Å². The molecule has 2 atom stereocenters. The monoisotopic (exact) mass is 547 g/mol. The number of aromatic nitrogens is 4. The minimum absolute atomic E-state index is 0.116. The van der Waals surface area contributed by atoms with Crippen molar-refractivity contribution in [3.8, 4) is 11.1 Å². The van der Waals surface area contributed by atoms with Gasteiger partial charge in [0.15, 0.2) is 5.69 Å². The second-order valence-corrected chi connectivity index (χ2v) is 10.8. The molecule has 9 nitrogen and oxygen atoms in total. The van der Waals surface area contributed by atoms with Crippen LogP contribution >= 0.6 is 0 Å². The molecule has 40 heavy (non-hydrogen) atoms. The molecular formula is C29H31F2N7O2. The number of benzene rings is 1. The van der Waals surface area contributed by atoms with Crippen LogP contribution in [0.25, 0.3) is 22.0 Å². The van der Waals surface area contributed by atoms with Crippen LogP contribution in [0.1, 0.15) is 36.3 Å². The fourth-order valence-electron chi connectivity index (χ4n) is 5.50. The van der Waals surface area contributed by atoms with Crippen LogP contribution in [0.2, 0.25) is 0 Å². The number of rotatable bonds is 6. The van der Waals surface area contributed by atoms with Crippen molar-refractivity contribution in [2.24, 2.45) is 0 Å². The number of carbonyl (C=O) groups excluding carboxylic acids is 1. The zero-order valence-corrected chi connectivity index (χ0v) is 22.4. The lowest BCUT2D eigenvalue weighted by Crippen LogP contribution is -2.45. The minimum atomic E-state index is -2.63. The summed E-state index contributed by atoms with van der Waals surface area (Å²) in [6.07, 6.45) is 5.21. The highest BCUT2D eigenvalue weighted by molar-refractivity contribution is 6.11. The van der Waals surface area contributed by atoms with E-state index in [9.17, 15) is 13.6 Å². The third-order valence-electron chi connectivity index (χ3n) is 7.31. The Morgan fingerprint density at radius 2 is 1.93 bits per heavy atom. The van der Waals surface area contributed by atoms with Gasteiger partial charge in [-0.3, -0.25) is 19.8 Å². The van der Waals surface area contributed by atoms with Gasteiger partial charge in [-0.2, -0.15) is 5.10 Å². The van der Waals surface area contributed by atoms with E-state index in [0.29, 0.717) is 24.2 Å². The molecule has 0 bridgehead atoms. The number of nitrogens with one attached hydrogen (secondary N) is 2. The van der Waals surface area contributed by atoms with Crippen LogP contribution in [0.3, 0.4) is 0 Å². The van der Waals surface area contributed by atoms with Crippen molar-refractivity contribution in [2.45, 2.75) is 44.9 Å². The Morgan fingerprint density at radius 1 is 1.10 bits per heavy atom. The average Bonchev–Trinajstić information content (AvgIpc) is 3.50. The number of alkyl halides is 2. The summed E-state index contributed by atoms with van der Waals surface area (Å²) in [6.45, 7) is 6.15. The Labute approximate surface area is 230 Å². The number of hydrogen-bond acceptors (Lipinski definition) is 7.